The molecule has 34 heavy (non-hydrogen) atoms. The SMILES string of the molecule is Cc1ccc(N2C(=S)N[C@@H](c3ccccn3)[C@H]2c2cc(C)n(-c3ccc(F)cc3)c2C)cc1C. The second-order valence-corrected chi connectivity index (χ2v) is 9.29. The maximum Gasteiger partial charge on any atom is 0.174 e. The zero-order chi connectivity index (χ0) is 24.0. The minimum absolute atomic E-state index is 0.0927. The first-order chi connectivity index (χ1) is 16.3. The van der Waals surface area contributed by atoms with Crippen LogP contribution in [0.25, 0.3) is 5.69 Å². The Hall–Kier alpha value is -3.51. The molecule has 0 aliphatic carbocycles. The van der Waals surface area contributed by atoms with E-state index in [-0.39, 0.29) is 17.9 Å². The Morgan fingerprint density at radius 3 is 2.29 bits per heavy atom. The number of nitrogens with one attached hydrogen (secondary N) is 1. The summed E-state index contributed by atoms with van der Waals surface area (Å²) in [5.41, 5.74) is 8.72. The number of hydrogen-bond acceptors (Lipinski definition) is 2. The van der Waals surface area contributed by atoms with E-state index in [1.54, 1.807) is 0 Å². The van der Waals surface area contributed by atoms with E-state index >= 15 is 0 Å². The number of aromatic nitrogens is 2. The normalized spacial score (nSPS) is 17.8. The lowest BCUT2D eigenvalue weighted by molar-refractivity contribution is 0.565. The zero-order valence-corrected chi connectivity index (χ0v) is 20.5. The summed E-state index contributed by atoms with van der Waals surface area (Å²) in [4.78, 5) is 6.87. The molecule has 1 N–H and O–H groups in total. The summed E-state index contributed by atoms with van der Waals surface area (Å²) in [7, 11) is 0. The Morgan fingerprint density at radius 2 is 1.62 bits per heavy atom. The summed E-state index contributed by atoms with van der Waals surface area (Å²) < 4.78 is 15.8. The highest BCUT2D eigenvalue weighted by atomic mass is 32.1. The number of anilines is 1. The number of halogens is 1. The topological polar surface area (TPSA) is 33.1 Å². The molecule has 2 atom stereocenters. The lowest BCUT2D eigenvalue weighted by Gasteiger charge is -2.28. The lowest BCUT2D eigenvalue weighted by atomic mass is 9.96. The molecule has 3 heterocycles. The monoisotopic (exact) mass is 470 g/mol. The number of pyridine rings is 1. The van der Waals surface area contributed by atoms with Gasteiger partial charge in [0.15, 0.2) is 5.11 Å². The molecule has 0 radical (unpaired) electrons. The third-order valence-electron chi connectivity index (χ3n) is 6.74. The molecule has 5 rings (SSSR count). The van der Waals surface area contributed by atoms with E-state index in [0.717, 1.165) is 34.0 Å². The van der Waals surface area contributed by atoms with Gasteiger partial charge >= 0.3 is 0 Å². The Kier molecular flexibility index (Phi) is 5.70. The zero-order valence-electron chi connectivity index (χ0n) is 19.7. The van der Waals surface area contributed by atoms with Crippen LogP contribution in [0.5, 0.6) is 0 Å². The van der Waals surface area contributed by atoms with E-state index in [9.17, 15) is 4.39 Å². The van der Waals surface area contributed by atoms with Gasteiger partial charge in [-0.15, -0.1) is 0 Å². The largest absolute Gasteiger partial charge is 0.351 e. The van der Waals surface area contributed by atoms with Crippen molar-refractivity contribution in [2.75, 3.05) is 4.90 Å². The Labute approximate surface area is 205 Å². The van der Waals surface area contributed by atoms with Crippen LogP contribution < -0.4 is 10.2 Å². The fourth-order valence-electron chi connectivity index (χ4n) is 4.90. The molecule has 1 aliphatic heterocycles. The van der Waals surface area contributed by atoms with Crippen molar-refractivity contribution in [3.8, 4) is 5.69 Å². The van der Waals surface area contributed by atoms with E-state index in [2.05, 4.69) is 71.7 Å². The highest BCUT2D eigenvalue weighted by molar-refractivity contribution is 7.80. The molecule has 1 saturated heterocycles. The molecular weight excluding hydrogens is 443 g/mol. The molecule has 1 aliphatic rings. The first-order valence-corrected chi connectivity index (χ1v) is 11.8. The highest BCUT2D eigenvalue weighted by Crippen LogP contribution is 2.44. The van der Waals surface area contributed by atoms with Crippen LogP contribution in [0.4, 0.5) is 10.1 Å². The van der Waals surface area contributed by atoms with Crippen molar-refractivity contribution in [1.29, 1.82) is 0 Å². The predicted molar refractivity (Wildman–Crippen MR) is 139 cm³/mol. The van der Waals surface area contributed by atoms with Gasteiger partial charge in [-0.1, -0.05) is 12.1 Å². The van der Waals surface area contributed by atoms with Crippen LogP contribution in [0.3, 0.4) is 0 Å². The van der Waals surface area contributed by atoms with Gasteiger partial charge in [0.05, 0.1) is 17.8 Å². The predicted octanol–water partition coefficient (Wildman–Crippen LogP) is 6.42. The fraction of sp³-hybridized carbons (Fsp3) is 0.214. The van der Waals surface area contributed by atoms with Crippen LogP contribution in [0.15, 0.2) is 72.9 Å². The molecule has 0 bridgehead atoms. The maximum atomic E-state index is 13.6. The minimum atomic E-state index is -0.243. The van der Waals surface area contributed by atoms with Crippen molar-refractivity contribution in [2.24, 2.45) is 0 Å². The van der Waals surface area contributed by atoms with Gasteiger partial charge in [-0.3, -0.25) is 4.98 Å². The molecule has 0 unspecified atom stereocenters. The average Bonchev–Trinajstić information content (AvgIpc) is 3.32. The molecule has 4 nitrogen and oxygen atoms in total. The summed E-state index contributed by atoms with van der Waals surface area (Å²) in [5, 5.41) is 4.22. The number of hydrogen-bond donors (Lipinski definition) is 1. The fourth-order valence-corrected chi connectivity index (χ4v) is 5.24. The minimum Gasteiger partial charge on any atom is -0.351 e. The number of aryl methyl sites for hydroxylation is 3. The third-order valence-corrected chi connectivity index (χ3v) is 7.06. The summed E-state index contributed by atoms with van der Waals surface area (Å²) in [6.07, 6.45) is 1.82. The summed E-state index contributed by atoms with van der Waals surface area (Å²) in [5.74, 6) is -0.243. The van der Waals surface area contributed by atoms with E-state index in [4.69, 9.17) is 12.2 Å². The first kappa shape index (κ1) is 22.3. The van der Waals surface area contributed by atoms with Crippen molar-refractivity contribution < 1.29 is 4.39 Å². The van der Waals surface area contributed by atoms with Crippen LogP contribution in [-0.4, -0.2) is 14.7 Å². The van der Waals surface area contributed by atoms with Gasteiger partial charge in [-0.25, -0.2) is 4.39 Å². The third kappa shape index (κ3) is 3.78. The molecule has 4 aromatic rings. The first-order valence-electron chi connectivity index (χ1n) is 11.4. The van der Waals surface area contributed by atoms with Crippen molar-refractivity contribution in [2.45, 2.75) is 39.8 Å². The van der Waals surface area contributed by atoms with Gasteiger partial charge in [-0.2, -0.15) is 0 Å². The second-order valence-electron chi connectivity index (χ2n) is 8.90. The van der Waals surface area contributed by atoms with E-state index in [1.165, 1.54) is 23.3 Å². The van der Waals surface area contributed by atoms with Gasteiger partial charge in [-0.05, 0) is 111 Å². The van der Waals surface area contributed by atoms with Crippen molar-refractivity contribution in [3.05, 3.63) is 113 Å². The molecule has 1 fully saturated rings. The molecule has 2 aromatic heterocycles. The van der Waals surface area contributed by atoms with Crippen molar-refractivity contribution in [3.63, 3.8) is 0 Å². The van der Waals surface area contributed by atoms with Crippen molar-refractivity contribution in [1.82, 2.24) is 14.9 Å². The number of benzene rings is 2. The van der Waals surface area contributed by atoms with Crippen LogP contribution >= 0.6 is 12.2 Å². The van der Waals surface area contributed by atoms with Crippen LogP contribution in [0, 0.1) is 33.5 Å². The smallest absolute Gasteiger partial charge is 0.174 e. The van der Waals surface area contributed by atoms with E-state index in [1.807, 2.05) is 36.5 Å². The standard InChI is InChI=1S/C28H27FN4S/c1-17-8-11-23(15-18(17)2)33-27(26(31-28(33)34)25-7-5-6-14-30-25)24-16-19(3)32(20(24)4)22-12-9-21(29)10-13-22/h5-16,26-27H,1-4H3,(H,31,34)/t26-,27+/m0/s1. The molecule has 172 valence electrons. The van der Waals surface area contributed by atoms with E-state index in [0.29, 0.717) is 5.11 Å². The van der Waals surface area contributed by atoms with Crippen LogP contribution in [-0.2, 0) is 0 Å². The number of thiocarbonyl (C=S) groups is 1. The Bertz CT molecular complexity index is 1360. The summed E-state index contributed by atoms with van der Waals surface area (Å²) in [6.45, 7) is 8.43. The molecule has 0 spiro atoms. The van der Waals surface area contributed by atoms with Gasteiger partial charge in [0.1, 0.15) is 5.82 Å². The van der Waals surface area contributed by atoms with Gasteiger partial charge in [0, 0.05) is 29.0 Å². The molecule has 0 amide bonds. The number of nitrogens with zero attached hydrogens (tertiary/aromatic N) is 3. The maximum absolute atomic E-state index is 13.6. The van der Waals surface area contributed by atoms with Crippen LogP contribution in [0.2, 0.25) is 0 Å². The highest BCUT2D eigenvalue weighted by Gasteiger charge is 2.42. The quantitative estimate of drug-likeness (QED) is 0.349. The molecular formula is C28H27FN4S. The second kappa shape index (κ2) is 8.69. The van der Waals surface area contributed by atoms with Gasteiger partial charge in [0.25, 0.3) is 0 Å². The summed E-state index contributed by atoms with van der Waals surface area (Å²) in [6, 6.07) is 21.1. The molecule has 6 heteroatoms. The lowest BCUT2D eigenvalue weighted by Crippen LogP contribution is -2.29. The summed E-state index contributed by atoms with van der Waals surface area (Å²) >= 11 is 5.88. The van der Waals surface area contributed by atoms with Gasteiger partial charge < -0.3 is 14.8 Å². The molecule has 0 saturated carbocycles. The van der Waals surface area contributed by atoms with Gasteiger partial charge in [0.2, 0.25) is 0 Å². The van der Waals surface area contributed by atoms with Crippen molar-refractivity contribution >= 4 is 23.0 Å². The Balaban J connectivity index is 1.68. The van der Waals surface area contributed by atoms with E-state index < -0.39 is 0 Å². The molecule has 2 aromatic carbocycles. The Morgan fingerprint density at radius 1 is 0.882 bits per heavy atom. The van der Waals surface area contributed by atoms with Crippen LogP contribution in [0.1, 0.15) is 45.9 Å². The number of rotatable bonds is 4. The average molecular weight is 471 g/mol.